The van der Waals surface area contributed by atoms with Crippen LogP contribution in [0.3, 0.4) is 0 Å². The molecule has 0 saturated carbocycles. The molecule has 1 aromatic heterocycles. The zero-order valence-corrected chi connectivity index (χ0v) is 10.7. The summed E-state index contributed by atoms with van der Waals surface area (Å²) in [5.41, 5.74) is 5.73. The van der Waals surface area contributed by atoms with Crippen LogP contribution in [0.25, 0.3) is 0 Å². The van der Waals surface area contributed by atoms with Crippen LogP contribution in [0.1, 0.15) is 16.3 Å². The number of carbonyl (C=O) groups excluding carboxylic acids is 1. The molecule has 0 unspecified atom stereocenters. The molecule has 0 saturated heterocycles. The highest BCUT2D eigenvalue weighted by Crippen LogP contribution is 2.15. The maximum atomic E-state index is 11.3. The monoisotopic (exact) mass is 261 g/mol. The highest BCUT2D eigenvalue weighted by molar-refractivity contribution is 7.90. The summed E-state index contributed by atoms with van der Waals surface area (Å²) >= 11 is 0. The quantitative estimate of drug-likeness (QED) is 0.740. The van der Waals surface area contributed by atoms with Crippen LogP contribution >= 0.6 is 0 Å². The van der Waals surface area contributed by atoms with Gasteiger partial charge in [-0.05, 0) is 6.92 Å². The third-order valence-corrected chi connectivity index (χ3v) is 3.19. The van der Waals surface area contributed by atoms with Gasteiger partial charge in [0.25, 0.3) is 0 Å². The maximum Gasteiger partial charge on any atom is 0.360 e. The summed E-state index contributed by atoms with van der Waals surface area (Å²) in [5.74, 6) is -0.0945. The van der Waals surface area contributed by atoms with Crippen LogP contribution in [-0.2, 0) is 21.1 Å². The summed E-state index contributed by atoms with van der Waals surface area (Å²) in [6.45, 7) is 1.81. The molecule has 1 rings (SSSR count). The van der Waals surface area contributed by atoms with E-state index in [2.05, 4.69) is 9.72 Å². The number of carbonyl (C=O) groups is 1. The average molecular weight is 261 g/mol. The molecule has 0 aromatic carbocycles. The van der Waals surface area contributed by atoms with E-state index in [4.69, 9.17) is 5.73 Å². The number of hydrogen-bond acceptors (Lipinski definition) is 6. The second-order valence-electron chi connectivity index (χ2n) is 3.67. The number of imidazole rings is 1. The van der Waals surface area contributed by atoms with Crippen LogP contribution in [-0.4, -0.2) is 43.1 Å². The first-order chi connectivity index (χ1) is 7.76. The van der Waals surface area contributed by atoms with Gasteiger partial charge in [0.1, 0.15) is 21.5 Å². The molecule has 0 radical (unpaired) electrons. The number of esters is 1. The Morgan fingerprint density at radius 1 is 1.53 bits per heavy atom. The lowest BCUT2D eigenvalue weighted by Gasteiger charge is -2.06. The number of anilines is 1. The van der Waals surface area contributed by atoms with E-state index in [-0.39, 0.29) is 23.8 Å². The molecule has 8 heteroatoms. The zero-order chi connectivity index (χ0) is 13.2. The number of methoxy groups -OCH3 is 1. The normalized spacial score (nSPS) is 11.5. The Bertz CT molecular complexity index is 533. The van der Waals surface area contributed by atoms with Crippen molar-refractivity contribution >= 4 is 21.6 Å². The van der Waals surface area contributed by atoms with Crippen LogP contribution in [0.4, 0.5) is 5.82 Å². The number of nitrogen functional groups attached to an aromatic ring is 1. The first-order valence-corrected chi connectivity index (χ1v) is 6.91. The van der Waals surface area contributed by atoms with Gasteiger partial charge in [-0.15, -0.1) is 0 Å². The molecule has 0 amide bonds. The fourth-order valence-electron chi connectivity index (χ4n) is 1.37. The first-order valence-electron chi connectivity index (χ1n) is 4.85. The van der Waals surface area contributed by atoms with Crippen LogP contribution in [0, 0.1) is 6.92 Å². The smallest absolute Gasteiger partial charge is 0.360 e. The molecule has 0 aliphatic carbocycles. The van der Waals surface area contributed by atoms with Gasteiger partial charge in [-0.25, -0.2) is 18.2 Å². The van der Waals surface area contributed by atoms with Crippen molar-refractivity contribution in [1.29, 1.82) is 0 Å². The molecule has 0 spiro atoms. The van der Waals surface area contributed by atoms with Gasteiger partial charge in [-0.1, -0.05) is 0 Å². The molecule has 1 aromatic rings. The molecule has 0 atom stereocenters. The van der Waals surface area contributed by atoms with Crippen molar-refractivity contribution in [3.63, 3.8) is 0 Å². The molecule has 0 aliphatic heterocycles. The molecule has 2 N–H and O–H groups in total. The lowest BCUT2D eigenvalue weighted by Crippen LogP contribution is -2.14. The minimum atomic E-state index is -3.09. The Kier molecular flexibility index (Phi) is 3.76. The Balaban J connectivity index is 3.02. The SMILES string of the molecule is COC(=O)c1nc(C)n(CCS(C)(=O)=O)c1N. The highest BCUT2D eigenvalue weighted by Gasteiger charge is 2.19. The lowest BCUT2D eigenvalue weighted by molar-refractivity contribution is 0.0595. The summed E-state index contributed by atoms with van der Waals surface area (Å²) in [6.07, 6.45) is 1.14. The number of nitrogens with zero attached hydrogens (tertiary/aromatic N) is 2. The van der Waals surface area contributed by atoms with Gasteiger partial charge in [0, 0.05) is 12.8 Å². The number of rotatable bonds is 4. The van der Waals surface area contributed by atoms with Gasteiger partial charge in [0.2, 0.25) is 0 Å². The van der Waals surface area contributed by atoms with Gasteiger partial charge in [-0.2, -0.15) is 0 Å². The minimum Gasteiger partial charge on any atom is -0.464 e. The Morgan fingerprint density at radius 2 is 2.12 bits per heavy atom. The van der Waals surface area contributed by atoms with Crippen molar-refractivity contribution in [3.05, 3.63) is 11.5 Å². The second kappa shape index (κ2) is 4.74. The number of aromatic nitrogens is 2. The largest absolute Gasteiger partial charge is 0.464 e. The lowest BCUT2D eigenvalue weighted by atomic mass is 10.4. The molecular formula is C9H15N3O4S. The highest BCUT2D eigenvalue weighted by atomic mass is 32.2. The van der Waals surface area contributed by atoms with E-state index in [0.717, 1.165) is 6.26 Å². The number of ether oxygens (including phenoxy) is 1. The van der Waals surface area contributed by atoms with Crippen molar-refractivity contribution in [2.75, 3.05) is 24.9 Å². The zero-order valence-electron chi connectivity index (χ0n) is 9.93. The average Bonchev–Trinajstić information content (AvgIpc) is 2.49. The van der Waals surface area contributed by atoms with E-state index in [1.165, 1.54) is 11.7 Å². The van der Waals surface area contributed by atoms with Crippen LogP contribution in [0.5, 0.6) is 0 Å². The molecule has 96 valence electrons. The van der Waals surface area contributed by atoms with Crippen LogP contribution in [0.2, 0.25) is 0 Å². The van der Waals surface area contributed by atoms with Crippen molar-refractivity contribution in [2.45, 2.75) is 13.5 Å². The molecule has 0 aliphatic rings. The second-order valence-corrected chi connectivity index (χ2v) is 5.93. The molecule has 7 nitrogen and oxygen atoms in total. The van der Waals surface area contributed by atoms with Gasteiger partial charge in [0.05, 0.1) is 12.9 Å². The number of nitrogens with two attached hydrogens (primary N) is 1. The molecule has 0 fully saturated rings. The van der Waals surface area contributed by atoms with Crippen molar-refractivity contribution in [3.8, 4) is 0 Å². The third-order valence-electron chi connectivity index (χ3n) is 2.26. The van der Waals surface area contributed by atoms with E-state index in [0.29, 0.717) is 5.82 Å². The Morgan fingerprint density at radius 3 is 2.59 bits per heavy atom. The summed E-state index contributed by atoms with van der Waals surface area (Å²) in [6, 6.07) is 0. The molecule has 17 heavy (non-hydrogen) atoms. The minimum absolute atomic E-state index is 0.0125. The van der Waals surface area contributed by atoms with E-state index in [1.807, 2.05) is 0 Å². The van der Waals surface area contributed by atoms with E-state index in [9.17, 15) is 13.2 Å². The Labute approximate surface area is 99.5 Å². The topological polar surface area (TPSA) is 104 Å². The van der Waals surface area contributed by atoms with Gasteiger partial charge in [0.15, 0.2) is 5.69 Å². The van der Waals surface area contributed by atoms with Gasteiger partial charge in [-0.3, -0.25) is 0 Å². The standard InChI is InChI=1S/C9H15N3O4S/c1-6-11-7(9(13)16-2)8(10)12(6)4-5-17(3,14)15/h4-5,10H2,1-3H3. The van der Waals surface area contributed by atoms with Crippen molar-refractivity contribution in [2.24, 2.45) is 0 Å². The van der Waals surface area contributed by atoms with Gasteiger partial charge < -0.3 is 15.0 Å². The summed E-state index contributed by atoms with van der Waals surface area (Å²) in [7, 11) is -1.86. The number of sulfone groups is 1. The number of aryl methyl sites for hydroxylation is 1. The van der Waals surface area contributed by atoms with Crippen LogP contribution in [0.15, 0.2) is 0 Å². The Hall–Kier alpha value is -1.57. The van der Waals surface area contributed by atoms with E-state index in [1.54, 1.807) is 6.92 Å². The summed E-state index contributed by atoms with van der Waals surface area (Å²) in [5, 5.41) is 0. The fraction of sp³-hybridized carbons (Fsp3) is 0.556. The number of hydrogen-bond donors (Lipinski definition) is 1. The molecule has 0 bridgehead atoms. The summed E-state index contributed by atoms with van der Waals surface area (Å²) in [4.78, 5) is 15.3. The molecular weight excluding hydrogens is 246 g/mol. The predicted octanol–water partition coefficient (Wildman–Crippen LogP) is -0.395. The van der Waals surface area contributed by atoms with E-state index < -0.39 is 15.8 Å². The van der Waals surface area contributed by atoms with Crippen LogP contribution < -0.4 is 5.73 Å². The van der Waals surface area contributed by atoms with E-state index >= 15 is 0 Å². The third kappa shape index (κ3) is 3.19. The summed E-state index contributed by atoms with van der Waals surface area (Å²) < 4.78 is 28.1. The fourth-order valence-corrected chi connectivity index (χ4v) is 1.88. The first kappa shape index (κ1) is 13.5. The maximum absolute atomic E-state index is 11.3. The van der Waals surface area contributed by atoms with Crippen molar-refractivity contribution < 1.29 is 17.9 Å². The molecule has 1 heterocycles. The van der Waals surface area contributed by atoms with Gasteiger partial charge >= 0.3 is 5.97 Å². The van der Waals surface area contributed by atoms with Crippen molar-refractivity contribution in [1.82, 2.24) is 9.55 Å². The predicted molar refractivity (Wildman–Crippen MR) is 62.4 cm³/mol.